The highest BCUT2D eigenvalue weighted by atomic mass is 16.4. The summed E-state index contributed by atoms with van der Waals surface area (Å²) in [5.74, 6) is -2.32. The maximum absolute atomic E-state index is 10.8. The van der Waals surface area contributed by atoms with Crippen molar-refractivity contribution in [2.45, 2.75) is 12.5 Å². The van der Waals surface area contributed by atoms with E-state index in [1.807, 2.05) is 0 Å². The van der Waals surface area contributed by atoms with Gasteiger partial charge >= 0.3 is 5.97 Å². The molecule has 0 aliphatic carbocycles. The van der Waals surface area contributed by atoms with Crippen molar-refractivity contribution in [1.82, 2.24) is 0 Å². The van der Waals surface area contributed by atoms with Gasteiger partial charge in [-0.1, -0.05) is 0 Å². The smallest absolute Gasteiger partial charge is 0.306 e. The summed E-state index contributed by atoms with van der Waals surface area (Å²) >= 11 is 0. The van der Waals surface area contributed by atoms with Crippen molar-refractivity contribution in [2.75, 3.05) is 27.5 Å². The lowest BCUT2D eigenvalue weighted by Gasteiger charge is -2.25. The van der Waals surface area contributed by atoms with Crippen molar-refractivity contribution < 1.29 is 31.8 Å². The summed E-state index contributed by atoms with van der Waals surface area (Å²) in [6, 6.07) is 0. The lowest BCUT2D eigenvalue weighted by molar-refractivity contribution is -0.873. The second-order valence-electron chi connectivity index (χ2n) is 2.08. The second kappa shape index (κ2) is 3.69. The lowest BCUT2D eigenvalue weighted by atomic mass is 10.2. The molecule has 4 nitrogen and oxygen atoms in total. The molecule has 2 N–H and O–H groups in total. The molecule has 0 aliphatic heterocycles. The Morgan fingerprint density at radius 2 is 2.64 bits per heavy atom. The zero-order valence-corrected chi connectivity index (χ0v) is 5.96. The van der Waals surface area contributed by atoms with Gasteiger partial charge in [-0.15, -0.1) is 0 Å². The van der Waals surface area contributed by atoms with Gasteiger partial charge in [0.15, 0.2) is 0 Å². The van der Waals surface area contributed by atoms with E-state index in [0.717, 1.165) is 0 Å². The molecule has 0 heterocycles. The van der Waals surface area contributed by atoms with Crippen LogP contribution in [-0.4, -0.2) is 54.3 Å². The molecule has 0 aromatic carbocycles. The largest absolute Gasteiger partial charge is 0.481 e. The quantitative estimate of drug-likeness (QED) is 0.562. The number of carboxylic acids is 1. The third-order valence-electron chi connectivity index (χ3n) is 0.578. The molecule has 0 saturated carbocycles. The first-order valence-corrected chi connectivity index (χ1v) is 2.61. The first-order chi connectivity index (χ1) is 8.50. The molecule has 66 valence electrons. The molecule has 0 fully saturated rings. The number of hydrogen-bond donors (Lipinski definition) is 2. The molecule has 4 heteroatoms. The highest BCUT2D eigenvalue weighted by Crippen LogP contribution is 1.98. The molecule has 0 spiro atoms. The van der Waals surface area contributed by atoms with Crippen molar-refractivity contribution in [3.8, 4) is 0 Å². The number of aliphatic hydroxyl groups is 1. The molecular formula is C7H16NO3+. The van der Waals surface area contributed by atoms with Gasteiger partial charge in [0.1, 0.15) is 12.6 Å². The Balaban J connectivity index is 6.15. The van der Waals surface area contributed by atoms with E-state index in [1.54, 1.807) is 0 Å². The molecule has 0 amide bonds. The highest BCUT2D eigenvalue weighted by Gasteiger charge is 2.17. The fourth-order valence-corrected chi connectivity index (χ4v) is 0.363. The number of quaternary nitrogens is 1. The minimum atomic E-state index is -3.93. The third-order valence-corrected chi connectivity index (χ3v) is 0.578. The van der Waals surface area contributed by atoms with Crippen molar-refractivity contribution in [3.63, 3.8) is 0 Å². The van der Waals surface area contributed by atoms with Crippen LogP contribution in [0.15, 0.2) is 0 Å². The Kier molecular flexibility index (Phi) is 0.908. The Hall–Kier alpha value is -0.610. The van der Waals surface area contributed by atoms with Gasteiger partial charge in [-0.05, 0) is 0 Å². The fourth-order valence-electron chi connectivity index (χ4n) is 0.363. The molecule has 0 aliphatic rings. The number of carbonyl (C=O) groups is 1. The number of rotatable bonds is 4. The van der Waals surface area contributed by atoms with Crippen LogP contribution in [0.3, 0.4) is 0 Å². The predicted molar refractivity (Wildman–Crippen MR) is 41.2 cm³/mol. The molecule has 0 aromatic rings. The molecular weight excluding hydrogens is 146 g/mol. The molecule has 0 aromatic heterocycles. The summed E-state index contributed by atoms with van der Waals surface area (Å²) < 4.78 is 63.8. The monoisotopic (exact) mass is 171 g/mol. The number of nitrogens with zero attached hydrogens (tertiary/aromatic N) is 1. The number of aliphatic carboxylic acids is 1. The second-order valence-corrected chi connectivity index (χ2v) is 2.08. The van der Waals surface area contributed by atoms with E-state index in [4.69, 9.17) is 17.4 Å². The van der Waals surface area contributed by atoms with Gasteiger partial charge in [-0.3, -0.25) is 4.79 Å². The van der Waals surface area contributed by atoms with Crippen LogP contribution in [0.4, 0.5) is 0 Å². The lowest BCUT2D eigenvalue weighted by Crippen LogP contribution is -2.42. The summed E-state index contributed by atoms with van der Waals surface area (Å²) in [6.45, 7) is -6.81. The van der Waals surface area contributed by atoms with E-state index in [1.165, 1.54) is 0 Å². The van der Waals surface area contributed by atoms with Gasteiger partial charge in [-0.2, -0.15) is 0 Å². The van der Waals surface area contributed by atoms with Crippen LogP contribution in [0, 0.1) is 0 Å². The molecule has 0 bridgehead atoms. The molecule has 11 heavy (non-hydrogen) atoms. The summed E-state index contributed by atoms with van der Waals surface area (Å²) in [5.41, 5.74) is 0. The van der Waals surface area contributed by atoms with E-state index in [-0.39, 0.29) is 0 Å². The Morgan fingerprint density at radius 1 is 2.00 bits per heavy atom. The van der Waals surface area contributed by atoms with E-state index in [0.29, 0.717) is 7.05 Å². The SMILES string of the molecule is [2H]C[N+](C)(C([2H])([2H])[2H])C([2H])([2H])C([2H])(O)C([2H])([2H])C(=O)O. The average Bonchev–Trinajstić information content (AvgIpc) is 2.25. The van der Waals surface area contributed by atoms with Crippen LogP contribution in [-0.2, 0) is 4.79 Å². The van der Waals surface area contributed by atoms with Crippen molar-refractivity contribution in [2.24, 2.45) is 0 Å². The first-order valence-electron chi connectivity index (χ1n) is 7.32. The van der Waals surface area contributed by atoms with Gasteiger partial charge in [0.2, 0.25) is 0 Å². The zero-order valence-electron chi connectivity index (χ0n) is 15.0. The average molecular weight is 171 g/mol. The van der Waals surface area contributed by atoms with Crippen LogP contribution >= 0.6 is 0 Å². The predicted octanol–water partition coefficient (Wildman–Crippen LogP) is -0.472. The standard InChI is InChI=1S/C7H15NO3/c1-8(2,3)5-6(9)4-7(10)11/h6,9H,4-5H2,1-3H3/p+1/i1D,2D3,4D2,5D2,6D. The third kappa shape index (κ3) is 7.29. The molecule has 2 unspecified atom stereocenters. The molecule has 2 atom stereocenters. The van der Waals surface area contributed by atoms with Gasteiger partial charge in [0, 0.05) is 2.74 Å². The Bertz CT molecular complexity index is 393. The van der Waals surface area contributed by atoms with Gasteiger partial charge in [0.05, 0.1) is 37.0 Å². The van der Waals surface area contributed by atoms with Crippen molar-refractivity contribution >= 4 is 5.97 Å². The molecule has 0 rings (SSSR count). The molecule has 0 radical (unpaired) electrons. The maximum atomic E-state index is 10.8. The van der Waals surface area contributed by atoms with E-state index >= 15 is 0 Å². The summed E-state index contributed by atoms with van der Waals surface area (Å²) in [4.78, 5) is 10.8. The van der Waals surface area contributed by atoms with Gasteiger partial charge in [0.25, 0.3) is 0 Å². The first kappa shape index (κ1) is 2.71. The fraction of sp³-hybridized carbons (Fsp3) is 0.857. The van der Waals surface area contributed by atoms with Crippen LogP contribution in [0.1, 0.15) is 18.7 Å². The van der Waals surface area contributed by atoms with Crippen molar-refractivity contribution in [3.05, 3.63) is 0 Å². The van der Waals surface area contributed by atoms with Crippen LogP contribution in [0.2, 0.25) is 0 Å². The molecule has 0 saturated heterocycles. The van der Waals surface area contributed by atoms with E-state index < -0.39 is 43.4 Å². The minimum Gasteiger partial charge on any atom is -0.481 e. The van der Waals surface area contributed by atoms with Crippen LogP contribution < -0.4 is 0 Å². The topological polar surface area (TPSA) is 57.5 Å². The highest BCUT2D eigenvalue weighted by molar-refractivity contribution is 5.67. The van der Waals surface area contributed by atoms with Gasteiger partial charge in [-0.25, -0.2) is 0 Å². The maximum Gasteiger partial charge on any atom is 0.306 e. The zero-order chi connectivity index (χ0) is 16.8. The number of carboxylic acid groups (broad SMARTS) is 1. The Morgan fingerprint density at radius 3 is 3.00 bits per heavy atom. The van der Waals surface area contributed by atoms with Crippen LogP contribution in [0.25, 0.3) is 0 Å². The Labute approximate surface area is 79.3 Å². The van der Waals surface area contributed by atoms with Gasteiger partial charge < -0.3 is 14.7 Å². The summed E-state index contributed by atoms with van der Waals surface area (Å²) in [7, 11) is -0.488. The summed E-state index contributed by atoms with van der Waals surface area (Å²) in [6.07, 6.45) is -7.72. The van der Waals surface area contributed by atoms with E-state index in [2.05, 4.69) is 0 Å². The minimum absolute atomic E-state index is 0.678. The number of likely N-dealkylation sites (N-methyl/N-ethyl adjacent to an activating group) is 1. The summed E-state index contributed by atoms with van der Waals surface area (Å²) in [5, 5.41) is 18.4. The normalized spacial score (nSPS) is 37.5. The van der Waals surface area contributed by atoms with Crippen molar-refractivity contribution in [1.29, 1.82) is 0 Å². The van der Waals surface area contributed by atoms with E-state index in [9.17, 15) is 9.90 Å². The number of hydrogen-bond acceptors (Lipinski definition) is 2. The van der Waals surface area contributed by atoms with Crippen LogP contribution in [0.5, 0.6) is 0 Å².